The standard InChI is InChI=1S/C9H11NO2/c11-9(12)7-3-1-2-6-4-10-5-8(6)7/h3,10H,1-2,4-5H2,(H,11,12). The summed E-state index contributed by atoms with van der Waals surface area (Å²) in [5.41, 5.74) is 2.82. The van der Waals surface area contributed by atoms with Crippen LogP contribution >= 0.6 is 0 Å². The van der Waals surface area contributed by atoms with Crippen molar-refractivity contribution in [2.75, 3.05) is 13.1 Å². The Kier molecular flexibility index (Phi) is 1.73. The van der Waals surface area contributed by atoms with Gasteiger partial charge >= 0.3 is 5.97 Å². The molecule has 2 aliphatic rings. The SMILES string of the molecule is O=C(O)C1=CCCC2=C1CNC2. The molecule has 0 fully saturated rings. The fraction of sp³-hybridized carbons (Fsp3) is 0.444. The first-order valence-electron chi connectivity index (χ1n) is 4.14. The maximum Gasteiger partial charge on any atom is 0.335 e. The van der Waals surface area contributed by atoms with E-state index in [0.29, 0.717) is 5.57 Å². The zero-order chi connectivity index (χ0) is 8.55. The van der Waals surface area contributed by atoms with Crippen LogP contribution in [0.2, 0.25) is 0 Å². The molecule has 1 aliphatic carbocycles. The van der Waals surface area contributed by atoms with Crippen LogP contribution in [0.15, 0.2) is 22.8 Å². The van der Waals surface area contributed by atoms with Crippen LogP contribution in [0, 0.1) is 0 Å². The molecule has 3 heteroatoms. The fourth-order valence-electron chi connectivity index (χ4n) is 1.83. The Bertz CT molecular complexity index is 289. The van der Waals surface area contributed by atoms with E-state index in [1.54, 1.807) is 0 Å². The zero-order valence-corrected chi connectivity index (χ0v) is 6.76. The summed E-state index contributed by atoms with van der Waals surface area (Å²) in [7, 11) is 0. The molecule has 0 amide bonds. The lowest BCUT2D eigenvalue weighted by Gasteiger charge is -2.11. The third-order valence-electron chi connectivity index (χ3n) is 2.42. The normalized spacial score (nSPS) is 22.2. The second-order valence-electron chi connectivity index (χ2n) is 3.15. The van der Waals surface area contributed by atoms with Gasteiger partial charge in [0.2, 0.25) is 0 Å². The Morgan fingerprint density at radius 2 is 2.33 bits per heavy atom. The number of allylic oxidation sites excluding steroid dienone is 1. The molecule has 0 aromatic heterocycles. The molecule has 0 unspecified atom stereocenters. The lowest BCUT2D eigenvalue weighted by atomic mass is 9.93. The Hall–Kier alpha value is -1.09. The molecule has 1 aliphatic heterocycles. The van der Waals surface area contributed by atoms with Crippen molar-refractivity contribution in [1.29, 1.82) is 0 Å². The Morgan fingerprint density at radius 3 is 3.08 bits per heavy atom. The Labute approximate surface area is 70.8 Å². The van der Waals surface area contributed by atoms with E-state index in [0.717, 1.165) is 31.5 Å². The lowest BCUT2D eigenvalue weighted by molar-refractivity contribution is -0.132. The molecule has 3 nitrogen and oxygen atoms in total. The molecule has 0 aromatic rings. The lowest BCUT2D eigenvalue weighted by Crippen LogP contribution is -2.12. The minimum absolute atomic E-state index is 0.515. The van der Waals surface area contributed by atoms with E-state index in [1.807, 2.05) is 6.08 Å². The quantitative estimate of drug-likeness (QED) is 0.601. The highest BCUT2D eigenvalue weighted by Crippen LogP contribution is 2.27. The second-order valence-corrected chi connectivity index (χ2v) is 3.15. The second kappa shape index (κ2) is 2.75. The number of hydrogen-bond donors (Lipinski definition) is 2. The first-order chi connectivity index (χ1) is 5.79. The molecule has 0 spiro atoms. The smallest absolute Gasteiger partial charge is 0.335 e. The highest BCUT2D eigenvalue weighted by molar-refractivity contribution is 5.92. The molecule has 0 saturated carbocycles. The summed E-state index contributed by atoms with van der Waals surface area (Å²) in [6.45, 7) is 1.60. The van der Waals surface area contributed by atoms with Crippen molar-refractivity contribution < 1.29 is 9.90 Å². The topological polar surface area (TPSA) is 49.3 Å². The predicted molar refractivity (Wildman–Crippen MR) is 44.8 cm³/mol. The van der Waals surface area contributed by atoms with Crippen LogP contribution in [0.1, 0.15) is 12.8 Å². The minimum atomic E-state index is -0.786. The van der Waals surface area contributed by atoms with Crippen LogP contribution in [-0.2, 0) is 4.79 Å². The molecule has 2 rings (SSSR count). The largest absolute Gasteiger partial charge is 0.478 e. The summed E-state index contributed by atoms with van der Waals surface area (Å²) in [5, 5.41) is 12.0. The maximum absolute atomic E-state index is 10.8. The number of aliphatic carboxylic acids is 1. The first kappa shape index (κ1) is 7.55. The van der Waals surface area contributed by atoms with Gasteiger partial charge in [-0.1, -0.05) is 11.6 Å². The first-order valence-corrected chi connectivity index (χ1v) is 4.14. The van der Waals surface area contributed by atoms with Crippen molar-refractivity contribution in [3.63, 3.8) is 0 Å². The van der Waals surface area contributed by atoms with Gasteiger partial charge < -0.3 is 10.4 Å². The monoisotopic (exact) mass is 165 g/mol. The number of carbonyl (C=O) groups is 1. The molecular weight excluding hydrogens is 154 g/mol. The third kappa shape index (κ3) is 1.06. The van der Waals surface area contributed by atoms with Gasteiger partial charge in [0.1, 0.15) is 0 Å². The molecular formula is C9H11NO2. The van der Waals surface area contributed by atoms with Gasteiger partial charge in [-0.15, -0.1) is 0 Å². The van der Waals surface area contributed by atoms with Crippen LogP contribution in [-0.4, -0.2) is 24.2 Å². The summed E-state index contributed by atoms with van der Waals surface area (Å²) >= 11 is 0. The van der Waals surface area contributed by atoms with Crippen molar-refractivity contribution in [2.24, 2.45) is 0 Å². The van der Waals surface area contributed by atoms with E-state index in [1.165, 1.54) is 5.57 Å². The van der Waals surface area contributed by atoms with Crippen molar-refractivity contribution in [3.05, 3.63) is 22.8 Å². The molecule has 12 heavy (non-hydrogen) atoms. The summed E-state index contributed by atoms with van der Waals surface area (Å²) in [6.07, 6.45) is 3.73. The van der Waals surface area contributed by atoms with E-state index < -0.39 is 5.97 Å². The summed E-state index contributed by atoms with van der Waals surface area (Å²) in [6, 6.07) is 0. The van der Waals surface area contributed by atoms with E-state index in [-0.39, 0.29) is 0 Å². The van der Waals surface area contributed by atoms with Crippen LogP contribution in [0.25, 0.3) is 0 Å². The highest BCUT2D eigenvalue weighted by Gasteiger charge is 2.23. The van der Waals surface area contributed by atoms with Crippen LogP contribution in [0.3, 0.4) is 0 Å². The zero-order valence-electron chi connectivity index (χ0n) is 6.76. The molecule has 0 atom stereocenters. The molecule has 0 saturated heterocycles. The Balaban J connectivity index is 2.34. The number of hydrogen-bond acceptors (Lipinski definition) is 2. The number of nitrogens with one attached hydrogen (secondary N) is 1. The number of carboxylic acids is 1. The van der Waals surface area contributed by atoms with Crippen molar-refractivity contribution >= 4 is 5.97 Å². The summed E-state index contributed by atoms with van der Waals surface area (Å²) in [5.74, 6) is -0.786. The van der Waals surface area contributed by atoms with Gasteiger partial charge in [-0.3, -0.25) is 0 Å². The van der Waals surface area contributed by atoms with Gasteiger partial charge in [0.25, 0.3) is 0 Å². The summed E-state index contributed by atoms with van der Waals surface area (Å²) < 4.78 is 0. The minimum Gasteiger partial charge on any atom is -0.478 e. The van der Waals surface area contributed by atoms with Gasteiger partial charge in [0.05, 0.1) is 5.57 Å². The predicted octanol–water partition coefficient (Wildman–Crippen LogP) is 0.691. The van der Waals surface area contributed by atoms with Gasteiger partial charge in [-0.25, -0.2) is 4.79 Å². The molecule has 0 radical (unpaired) electrons. The van der Waals surface area contributed by atoms with Gasteiger partial charge in [0, 0.05) is 13.1 Å². The van der Waals surface area contributed by atoms with E-state index in [2.05, 4.69) is 5.32 Å². The van der Waals surface area contributed by atoms with E-state index >= 15 is 0 Å². The third-order valence-corrected chi connectivity index (χ3v) is 2.42. The van der Waals surface area contributed by atoms with Crippen molar-refractivity contribution in [1.82, 2.24) is 5.32 Å². The number of carboxylic acid groups (broad SMARTS) is 1. The molecule has 0 aromatic carbocycles. The molecule has 0 bridgehead atoms. The molecule has 2 N–H and O–H groups in total. The number of rotatable bonds is 1. The maximum atomic E-state index is 10.8. The van der Waals surface area contributed by atoms with Gasteiger partial charge in [-0.05, 0) is 18.4 Å². The van der Waals surface area contributed by atoms with E-state index in [9.17, 15) is 4.79 Å². The Morgan fingerprint density at radius 1 is 1.50 bits per heavy atom. The average molecular weight is 165 g/mol. The van der Waals surface area contributed by atoms with Gasteiger partial charge in [0.15, 0.2) is 0 Å². The molecule has 64 valence electrons. The van der Waals surface area contributed by atoms with Crippen molar-refractivity contribution in [2.45, 2.75) is 12.8 Å². The van der Waals surface area contributed by atoms with Gasteiger partial charge in [-0.2, -0.15) is 0 Å². The average Bonchev–Trinajstić information content (AvgIpc) is 2.49. The molecule has 1 heterocycles. The van der Waals surface area contributed by atoms with Crippen LogP contribution in [0.5, 0.6) is 0 Å². The fourth-order valence-corrected chi connectivity index (χ4v) is 1.83. The van der Waals surface area contributed by atoms with Crippen LogP contribution < -0.4 is 5.32 Å². The van der Waals surface area contributed by atoms with Crippen molar-refractivity contribution in [3.8, 4) is 0 Å². The highest BCUT2D eigenvalue weighted by atomic mass is 16.4. The van der Waals surface area contributed by atoms with Crippen LogP contribution in [0.4, 0.5) is 0 Å². The van der Waals surface area contributed by atoms with E-state index in [4.69, 9.17) is 5.11 Å². The summed E-state index contributed by atoms with van der Waals surface area (Å²) in [4.78, 5) is 10.8.